The summed E-state index contributed by atoms with van der Waals surface area (Å²) in [4.78, 5) is 13.8. The number of carboxylic acid groups (broad SMARTS) is 1. The van der Waals surface area contributed by atoms with Crippen LogP contribution in [0, 0.1) is 11.6 Å². The van der Waals surface area contributed by atoms with Gasteiger partial charge in [0.25, 0.3) is 0 Å². The summed E-state index contributed by atoms with van der Waals surface area (Å²) in [5, 5.41) is 9.50. The molecule has 3 nitrogen and oxygen atoms in total. The Bertz CT molecular complexity index is 1530. The van der Waals surface area contributed by atoms with Gasteiger partial charge in [-0.3, -0.25) is 9.29 Å². The Balaban J connectivity index is 1.64. The molecule has 0 atom stereocenters. The van der Waals surface area contributed by atoms with E-state index in [1.807, 2.05) is 18.2 Å². The number of hydrogen-bond donors (Lipinski definition) is 1. The van der Waals surface area contributed by atoms with Crippen molar-refractivity contribution in [2.45, 2.75) is 31.9 Å². The van der Waals surface area contributed by atoms with E-state index in [-0.39, 0.29) is 24.2 Å². The van der Waals surface area contributed by atoms with E-state index in [0.29, 0.717) is 54.1 Å². The Kier molecular flexibility index (Phi) is 8.09. The van der Waals surface area contributed by atoms with Gasteiger partial charge in [0, 0.05) is 19.6 Å². The average Bonchev–Trinajstić information content (AvgIpc) is 3.10. The second-order valence-electron chi connectivity index (χ2n) is 10.3. The summed E-state index contributed by atoms with van der Waals surface area (Å²) in [6.07, 6.45) is -1.71. The number of fused-ring (bicyclic) bond motifs is 1. The standard InChI is InChI=1S/C32H27F6NO2/c33-13-2-14-39-17-20(18-39)15-19-5-7-21(8-6-19)28-24-10-9-23(31(40)41)16-22(24)3-1-4-25(28)26-11-12-27(34)30(35)29(26)32(36,37)38/h5-12,15-16H,1-4,13-14,17-18H2,(H,40,41). The molecule has 9 heteroatoms. The molecule has 0 saturated carbocycles. The van der Waals surface area contributed by atoms with E-state index in [1.54, 1.807) is 18.2 Å². The first-order valence-corrected chi connectivity index (χ1v) is 13.3. The molecule has 0 bridgehead atoms. The van der Waals surface area contributed by atoms with Crippen LogP contribution in [0.3, 0.4) is 0 Å². The number of aryl methyl sites for hydroxylation is 1. The second kappa shape index (κ2) is 11.6. The zero-order chi connectivity index (χ0) is 29.3. The maximum absolute atomic E-state index is 14.7. The van der Waals surface area contributed by atoms with Crippen molar-refractivity contribution in [2.24, 2.45) is 0 Å². The maximum Gasteiger partial charge on any atom is 0.419 e. The molecule has 1 saturated heterocycles. The molecule has 0 amide bonds. The number of alkyl halides is 4. The van der Waals surface area contributed by atoms with Gasteiger partial charge in [0.2, 0.25) is 0 Å². The van der Waals surface area contributed by atoms with E-state index in [2.05, 4.69) is 4.90 Å². The molecule has 1 heterocycles. The predicted octanol–water partition coefficient (Wildman–Crippen LogP) is 8.04. The molecule has 1 N–H and O–H groups in total. The molecule has 5 rings (SSSR count). The second-order valence-corrected chi connectivity index (χ2v) is 10.3. The zero-order valence-corrected chi connectivity index (χ0v) is 22.0. The van der Waals surface area contributed by atoms with E-state index in [0.717, 1.165) is 24.7 Å². The lowest BCUT2D eigenvalue weighted by molar-refractivity contribution is -0.140. The maximum atomic E-state index is 14.7. The summed E-state index contributed by atoms with van der Waals surface area (Å²) in [6, 6.07) is 13.4. The summed E-state index contributed by atoms with van der Waals surface area (Å²) >= 11 is 0. The lowest BCUT2D eigenvalue weighted by atomic mass is 9.85. The zero-order valence-electron chi connectivity index (χ0n) is 22.0. The number of hydrogen-bond acceptors (Lipinski definition) is 2. The monoisotopic (exact) mass is 571 g/mol. The molecular weight excluding hydrogens is 544 g/mol. The van der Waals surface area contributed by atoms with Gasteiger partial charge in [-0.05, 0) is 88.4 Å². The number of aromatic carboxylic acids is 1. The first-order chi connectivity index (χ1) is 19.6. The summed E-state index contributed by atoms with van der Waals surface area (Å²) in [7, 11) is 0. The van der Waals surface area contributed by atoms with Gasteiger partial charge in [-0.2, -0.15) is 13.2 Å². The van der Waals surface area contributed by atoms with Crippen molar-refractivity contribution in [3.8, 4) is 0 Å². The van der Waals surface area contributed by atoms with Gasteiger partial charge in [-0.15, -0.1) is 0 Å². The number of carboxylic acids is 1. The molecule has 2 aliphatic rings. The molecule has 0 spiro atoms. The van der Waals surface area contributed by atoms with Crippen molar-refractivity contribution in [1.29, 1.82) is 0 Å². The molecule has 1 fully saturated rings. The Morgan fingerprint density at radius 1 is 0.951 bits per heavy atom. The highest BCUT2D eigenvalue weighted by atomic mass is 19.4. The van der Waals surface area contributed by atoms with Crippen LogP contribution in [0.25, 0.3) is 17.2 Å². The van der Waals surface area contributed by atoms with Gasteiger partial charge >= 0.3 is 12.1 Å². The number of benzene rings is 3. The minimum Gasteiger partial charge on any atom is -0.478 e. The van der Waals surface area contributed by atoms with E-state index in [9.17, 15) is 36.2 Å². The summed E-state index contributed by atoms with van der Waals surface area (Å²) in [5.74, 6) is -4.66. The van der Waals surface area contributed by atoms with Crippen molar-refractivity contribution < 1.29 is 36.2 Å². The molecule has 1 aliphatic carbocycles. The van der Waals surface area contributed by atoms with Crippen molar-refractivity contribution in [3.05, 3.63) is 111 Å². The minimum absolute atomic E-state index is 0.0541. The molecule has 41 heavy (non-hydrogen) atoms. The first kappa shape index (κ1) is 28.7. The van der Waals surface area contributed by atoms with Gasteiger partial charge in [-0.1, -0.05) is 42.5 Å². The van der Waals surface area contributed by atoms with E-state index in [4.69, 9.17) is 0 Å². The fourth-order valence-electron chi connectivity index (χ4n) is 5.64. The third-order valence-corrected chi connectivity index (χ3v) is 7.53. The number of rotatable bonds is 7. The van der Waals surface area contributed by atoms with Crippen LogP contribution in [0.5, 0.6) is 0 Å². The number of allylic oxidation sites excluding steroid dienone is 1. The number of halogens is 6. The fraction of sp³-hybridized carbons (Fsp3) is 0.281. The molecule has 3 aromatic carbocycles. The highest BCUT2D eigenvalue weighted by molar-refractivity contribution is 6.01. The Morgan fingerprint density at radius 3 is 2.32 bits per heavy atom. The smallest absolute Gasteiger partial charge is 0.419 e. The van der Waals surface area contributed by atoms with Gasteiger partial charge in [0.15, 0.2) is 11.6 Å². The topological polar surface area (TPSA) is 40.5 Å². The van der Waals surface area contributed by atoms with Crippen LogP contribution >= 0.6 is 0 Å². The SMILES string of the molecule is O=C(O)c1ccc2c(c1)CCCC(c1ccc(F)c(F)c1C(F)(F)F)=C2c1ccc(C=C2CN(CCCF)C2)cc1. The van der Waals surface area contributed by atoms with E-state index >= 15 is 0 Å². The van der Waals surface area contributed by atoms with E-state index in [1.165, 1.54) is 17.7 Å². The van der Waals surface area contributed by atoms with Crippen LogP contribution in [0.15, 0.2) is 60.2 Å². The highest BCUT2D eigenvalue weighted by Crippen LogP contribution is 2.45. The number of carbonyl (C=O) groups is 1. The number of nitrogens with zero attached hydrogens (tertiary/aromatic N) is 1. The molecule has 0 unspecified atom stereocenters. The Hall–Kier alpha value is -3.85. The highest BCUT2D eigenvalue weighted by Gasteiger charge is 2.40. The molecule has 3 aromatic rings. The molecule has 0 radical (unpaired) electrons. The summed E-state index contributed by atoms with van der Waals surface area (Å²) in [6.45, 7) is 1.82. The first-order valence-electron chi connectivity index (χ1n) is 13.3. The third-order valence-electron chi connectivity index (χ3n) is 7.53. The lowest BCUT2D eigenvalue weighted by Crippen LogP contribution is -2.40. The van der Waals surface area contributed by atoms with Crippen LogP contribution in [-0.2, 0) is 12.6 Å². The number of likely N-dealkylation sites (tertiary alicyclic amines) is 1. The third kappa shape index (κ3) is 5.95. The van der Waals surface area contributed by atoms with Crippen molar-refractivity contribution in [3.63, 3.8) is 0 Å². The van der Waals surface area contributed by atoms with Crippen molar-refractivity contribution in [1.82, 2.24) is 4.90 Å². The van der Waals surface area contributed by atoms with Gasteiger partial charge in [-0.25, -0.2) is 13.6 Å². The van der Waals surface area contributed by atoms with Gasteiger partial charge < -0.3 is 5.11 Å². The van der Waals surface area contributed by atoms with Gasteiger partial charge in [0.1, 0.15) is 5.56 Å². The van der Waals surface area contributed by atoms with E-state index < -0.39 is 34.9 Å². The summed E-state index contributed by atoms with van der Waals surface area (Å²) in [5.41, 5.74) is 2.44. The molecule has 1 aliphatic heterocycles. The molecular formula is C32H27F6NO2. The quantitative estimate of drug-likeness (QED) is 0.292. The predicted molar refractivity (Wildman–Crippen MR) is 145 cm³/mol. The minimum atomic E-state index is -5.14. The Labute approximate surface area is 233 Å². The average molecular weight is 572 g/mol. The van der Waals surface area contributed by atoms with Crippen molar-refractivity contribution >= 4 is 23.2 Å². The normalized spacial score (nSPS) is 15.8. The van der Waals surface area contributed by atoms with Crippen LogP contribution in [0.1, 0.15) is 63.0 Å². The Morgan fingerprint density at radius 2 is 1.66 bits per heavy atom. The van der Waals surface area contributed by atoms with Crippen LogP contribution in [-0.4, -0.2) is 42.3 Å². The fourth-order valence-corrected chi connectivity index (χ4v) is 5.64. The van der Waals surface area contributed by atoms with Crippen LogP contribution in [0.4, 0.5) is 26.3 Å². The molecule has 0 aromatic heterocycles. The van der Waals surface area contributed by atoms with Gasteiger partial charge in [0.05, 0.1) is 12.2 Å². The van der Waals surface area contributed by atoms with Crippen LogP contribution in [0.2, 0.25) is 0 Å². The van der Waals surface area contributed by atoms with Crippen molar-refractivity contribution in [2.75, 3.05) is 26.3 Å². The van der Waals surface area contributed by atoms with Crippen LogP contribution < -0.4 is 0 Å². The largest absolute Gasteiger partial charge is 0.478 e. The molecule has 214 valence electrons. The summed E-state index contributed by atoms with van der Waals surface area (Å²) < 4.78 is 83.4. The lowest BCUT2D eigenvalue weighted by Gasteiger charge is -2.33.